The Balaban J connectivity index is 1.54. The van der Waals surface area contributed by atoms with Gasteiger partial charge in [0.25, 0.3) is 5.91 Å². The van der Waals surface area contributed by atoms with Crippen LogP contribution in [0.1, 0.15) is 43.1 Å². The van der Waals surface area contributed by atoms with Crippen LogP contribution in [-0.2, 0) is 11.2 Å². The zero-order chi connectivity index (χ0) is 26.9. The fourth-order valence-corrected chi connectivity index (χ4v) is 4.51. The smallest absolute Gasteiger partial charge is 0.252 e. The van der Waals surface area contributed by atoms with Gasteiger partial charge in [-0.15, -0.1) is 0 Å². The lowest BCUT2D eigenvalue weighted by Gasteiger charge is -2.16. The number of amides is 1. The molecule has 0 unspecified atom stereocenters. The number of aromatic nitrogens is 1. The molecule has 0 atom stereocenters. The maximum Gasteiger partial charge on any atom is 0.252 e. The number of rotatable bonds is 8. The van der Waals surface area contributed by atoms with Gasteiger partial charge in [0.15, 0.2) is 0 Å². The van der Waals surface area contributed by atoms with E-state index in [0.717, 1.165) is 11.3 Å². The van der Waals surface area contributed by atoms with Gasteiger partial charge in [-0.3, -0.25) is 19.6 Å². The number of primary amides is 1. The van der Waals surface area contributed by atoms with Gasteiger partial charge >= 0.3 is 0 Å². The van der Waals surface area contributed by atoms with Gasteiger partial charge in [-0.1, -0.05) is 50.0 Å². The topological polar surface area (TPSA) is 104 Å². The summed E-state index contributed by atoms with van der Waals surface area (Å²) in [5.74, 6) is 0.400. The first-order valence-corrected chi connectivity index (χ1v) is 12.4. The number of methoxy groups -OCH3 is 1. The molecular formula is C28H27Cl2N3O4. The minimum Gasteiger partial charge on any atom is -0.496 e. The molecule has 1 aliphatic rings. The fourth-order valence-electron chi connectivity index (χ4n) is 4.06. The molecule has 0 bridgehead atoms. The van der Waals surface area contributed by atoms with Crippen molar-refractivity contribution in [2.24, 2.45) is 16.1 Å². The summed E-state index contributed by atoms with van der Waals surface area (Å²) in [7, 11) is 1.45. The molecule has 0 radical (unpaired) electrons. The molecule has 2 N–H and O–H groups in total. The number of carbonyl (C=O) groups is 2. The SMILES string of the molecule is COc1cc2nccc(Oc3ccc(CC(=O)CC4=CC(C(C)(C)C)=NC4)c(Cl)c3Cl)c2cc1C(N)=O. The van der Waals surface area contributed by atoms with Crippen LogP contribution in [0.5, 0.6) is 17.2 Å². The zero-order valence-electron chi connectivity index (χ0n) is 21.0. The van der Waals surface area contributed by atoms with Gasteiger partial charge in [0.1, 0.15) is 28.1 Å². The zero-order valence-corrected chi connectivity index (χ0v) is 22.5. The van der Waals surface area contributed by atoms with Crippen molar-refractivity contribution < 1.29 is 19.1 Å². The van der Waals surface area contributed by atoms with Gasteiger partial charge in [-0.25, -0.2) is 0 Å². The third-order valence-corrected chi connectivity index (χ3v) is 6.91. The Kier molecular flexibility index (Phi) is 7.57. The Morgan fingerprint density at radius 3 is 2.43 bits per heavy atom. The summed E-state index contributed by atoms with van der Waals surface area (Å²) in [5.41, 5.74) is 8.80. The summed E-state index contributed by atoms with van der Waals surface area (Å²) in [6, 6.07) is 8.21. The number of aliphatic imine (C=N–C) groups is 1. The predicted molar refractivity (Wildman–Crippen MR) is 147 cm³/mol. The first kappa shape index (κ1) is 26.6. The number of ether oxygens (including phenoxy) is 2. The standard InChI is InChI=1S/C28H27Cl2N3O4/c1-28(2,3)24-10-15(14-33-24)9-17(34)11-16-5-6-22(26(30)25(16)29)37-21-7-8-32-20-13-23(36-4)19(27(31)35)12-18(20)21/h5-8,10,12-13H,9,11,14H2,1-4H3,(H2,31,35). The molecule has 3 aromatic rings. The number of Topliss-reactive ketones (excluding diaryl/α,β-unsaturated/α-hetero) is 1. The maximum absolute atomic E-state index is 12.8. The molecule has 4 rings (SSSR count). The summed E-state index contributed by atoms with van der Waals surface area (Å²) in [6.45, 7) is 6.84. The van der Waals surface area contributed by atoms with E-state index in [1.807, 2.05) is 6.08 Å². The number of allylic oxidation sites excluding steroid dienone is 1. The molecule has 0 spiro atoms. The molecule has 1 amide bonds. The van der Waals surface area contributed by atoms with Crippen LogP contribution in [0.2, 0.25) is 10.0 Å². The molecule has 9 heteroatoms. The highest BCUT2D eigenvalue weighted by Gasteiger charge is 2.23. The summed E-state index contributed by atoms with van der Waals surface area (Å²) >= 11 is 13.1. The highest BCUT2D eigenvalue weighted by atomic mass is 35.5. The van der Waals surface area contributed by atoms with Crippen LogP contribution in [0, 0.1) is 5.41 Å². The van der Waals surface area contributed by atoms with Crippen molar-refractivity contribution in [3.05, 3.63) is 69.3 Å². The first-order valence-electron chi connectivity index (χ1n) is 11.6. The minimum atomic E-state index is -0.641. The van der Waals surface area contributed by atoms with Crippen LogP contribution in [-0.4, -0.2) is 36.0 Å². The number of benzene rings is 2. The second-order valence-corrected chi connectivity index (χ2v) is 10.6. The monoisotopic (exact) mass is 539 g/mol. The summed E-state index contributed by atoms with van der Waals surface area (Å²) in [6.07, 6.45) is 4.03. The summed E-state index contributed by atoms with van der Waals surface area (Å²) in [4.78, 5) is 33.5. The van der Waals surface area contributed by atoms with E-state index in [9.17, 15) is 9.59 Å². The van der Waals surface area contributed by atoms with Crippen LogP contribution in [0.15, 0.2) is 53.2 Å². The lowest BCUT2D eigenvalue weighted by Crippen LogP contribution is -2.16. The lowest BCUT2D eigenvalue weighted by molar-refractivity contribution is -0.117. The van der Waals surface area contributed by atoms with Crippen LogP contribution in [0.3, 0.4) is 0 Å². The molecule has 0 aliphatic carbocycles. The van der Waals surface area contributed by atoms with E-state index in [-0.39, 0.29) is 33.2 Å². The van der Waals surface area contributed by atoms with Crippen LogP contribution >= 0.6 is 23.2 Å². The van der Waals surface area contributed by atoms with Gasteiger partial charge in [-0.05, 0) is 35.4 Å². The molecule has 2 heterocycles. The van der Waals surface area contributed by atoms with Gasteiger partial charge < -0.3 is 15.2 Å². The average molecular weight is 540 g/mol. The summed E-state index contributed by atoms with van der Waals surface area (Å²) in [5, 5.41) is 0.974. The number of hydrogen-bond donors (Lipinski definition) is 1. The Morgan fingerprint density at radius 2 is 1.78 bits per heavy atom. The van der Waals surface area contributed by atoms with Crippen molar-refractivity contribution in [2.75, 3.05) is 13.7 Å². The van der Waals surface area contributed by atoms with E-state index < -0.39 is 5.91 Å². The number of carbonyl (C=O) groups excluding carboxylic acids is 2. The lowest BCUT2D eigenvalue weighted by atomic mass is 9.89. The number of pyridine rings is 1. The molecule has 2 aromatic carbocycles. The molecule has 0 fully saturated rings. The molecule has 37 heavy (non-hydrogen) atoms. The van der Waals surface area contributed by atoms with Crippen LogP contribution in [0.4, 0.5) is 0 Å². The Hall–Kier alpha value is -3.42. The molecular weight excluding hydrogens is 513 g/mol. The van der Waals surface area contributed by atoms with E-state index in [2.05, 4.69) is 30.7 Å². The predicted octanol–water partition coefficient (Wildman–Crippen LogP) is 6.37. The number of ketones is 1. The second-order valence-electron chi connectivity index (χ2n) is 9.84. The van der Waals surface area contributed by atoms with Gasteiger partial charge in [0.2, 0.25) is 0 Å². The highest BCUT2D eigenvalue weighted by molar-refractivity contribution is 6.43. The Morgan fingerprint density at radius 1 is 1.03 bits per heavy atom. The van der Waals surface area contributed by atoms with E-state index in [4.69, 9.17) is 38.4 Å². The Bertz CT molecular complexity index is 1470. The molecule has 1 aliphatic heterocycles. The van der Waals surface area contributed by atoms with Crippen LogP contribution < -0.4 is 15.2 Å². The van der Waals surface area contributed by atoms with E-state index in [0.29, 0.717) is 46.7 Å². The number of hydrogen-bond acceptors (Lipinski definition) is 6. The van der Waals surface area contributed by atoms with Crippen molar-refractivity contribution >= 4 is 51.5 Å². The summed E-state index contributed by atoms with van der Waals surface area (Å²) < 4.78 is 11.3. The van der Waals surface area contributed by atoms with Crippen molar-refractivity contribution in [2.45, 2.75) is 33.6 Å². The number of fused-ring (bicyclic) bond motifs is 1. The van der Waals surface area contributed by atoms with E-state index in [1.54, 1.807) is 36.5 Å². The largest absolute Gasteiger partial charge is 0.496 e. The van der Waals surface area contributed by atoms with E-state index >= 15 is 0 Å². The average Bonchev–Trinajstić information content (AvgIpc) is 3.32. The third kappa shape index (κ3) is 5.78. The molecule has 192 valence electrons. The molecule has 1 aromatic heterocycles. The van der Waals surface area contributed by atoms with E-state index in [1.165, 1.54) is 7.11 Å². The van der Waals surface area contributed by atoms with Gasteiger partial charge in [-0.2, -0.15) is 0 Å². The van der Waals surface area contributed by atoms with Crippen molar-refractivity contribution in [3.63, 3.8) is 0 Å². The molecule has 0 saturated carbocycles. The number of nitrogens with zero attached hydrogens (tertiary/aromatic N) is 2. The molecule has 0 saturated heterocycles. The van der Waals surface area contributed by atoms with Crippen LogP contribution in [0.25, 0.3) is 10.9 Å². The quantitative estimate of drug-likeness (QED) is 0.358. The van der Waals surface area contributed by atoms with Gasteiger partial charge in [0, 0.05) is 41.6 Å². The first-order chi connectivity index (χ1) is 17.5. The maximum atomic E-state index is 12.8. The van der Waals surface area contributed by atoms with Gasteiger partial charge in [0.05, 0.1) is 29.8 Å². The normalized spacial score (nSPS) is 13.4. The Labute approximate surface area is 225 Å². The highest BCUT2D eigenvalue weighted by Crippen LogP contribution is 2.40. The number of nitrogens with two attached hydrogens (primary N) is 1. The van der Waals surface area contributed by atoms with Crippen molar-refractivity contribution in [3.8, 4) is 17.2 Å². The fraction of sp³-hybridized carbons (Fsp3) is 0.286. The van der Waals surface area contributed by atoms with Crippen molar-refractivity contribution in [1.29, 1.82) is 0 Å². The third-order valence-electron chi connectivity index (χ3n) is 6.01. The number of halogens is 2. The minimum absolute atomic E-state index is 0.0244. The second kappa shape index (κ2) is 10.5. The molecule has 7 nitrogen and oxygen atoms in total. The van der Waals surface area contributed by atoms with Crippen molar-refractivity contribution in [1.82, 2.24) is 4.98 Å².